The summed E-state index contributed by atoms with van der Waals surface area (Å²) in [5, 5.41) is 16.3. The van der Waals surface area contributed by atoms with Crippen LogP contribution in [-0.4, -0.2) is 73.9 Å². The van der Waals surface area contributed by atoms with Gasteiger partial charge >= 0.3 is 0 Å². The van der Waals surface area contributed by atoms with E-state index in [0.717, 1.165) is 16.7 Å². The molecule has 2 fully saturated rings. The van der Waals surface area contributed by atoms with Gasteiger partial charge < -0.3 is 16.0 Å². The summed E-state index contributed by atoms with van der Waals surface area (Å²) in [5.41, 5.74) is 14.4. The van der Waals surface area contributed by atoms with Gasteiger partial charge in [0.05, 0.1) is 36.5 Å². The van der Waals surface area contributed by atoms with E-state index in [9.17, 15) is 18.8 Å². The summed E-state index contributed by atoms with van der Waals surface area (Å²) in [5.74, 6) is -1.78. The molecular formula is C28H26Cl2FN9O3. The van der Waals surface area contributed by atoms with Crippen LogP contribution in [0.15, 0.2) is 54.9 Å². The van der Waals surface area contributed by atoms with Crippen LogP contribution >= 0.6 is 23.2 Å². The predicted molar refractivity (Wildman–Crippen MR) is 157 cm³/mol. The molecule has 0 bridgehead atoms. The number of benzene rings is 2. The van der Waals surface area contributed by atoms with Gasteiger partial charge in [-0.2, -0.15) is 15.3 Å². The molecule has 0 spiro atoms. The van der Waals surface area contributed by atoms with Crippen LogP contribution in [-0.2, 0) is 16.1 Å². The molecule has 6 rings (SSSR count). The lowest BCUT2D eigenvalue weighted by Gasteiger charge is -2.27. The Bertz CT molecular complexity index is 1720. The Hall–Kier alpha value is -4.17. The van der Waals surface area contributed by atoms with Gasteiger partial charge in [-0.05, 0) is 41.5 Å². The highest BCUT2D eigenvalue weighted by molar-refractivity contribution is 6.35. The predicted octanol–water partition coefficient (Wildman–Crippen LogP) is 2.17. The standard InChI is InChI=1S/C28H26Cl2FN9O3/c29-16-2-3-18(20(30)8-16)25-21(11-35-37-25)36-28(43)23-9-17(31)12-39(23)24(41)13-40-22-4-1-14(15-5-6-33-34-10-15)7-19(22)26(38-40)27(32)42/h1-8,10,17,21,23,25,35,37H,9,11-13H2,(H2,32,42)(H,36,43)/t17-,21?,23+,25?/m1/s1. The number of fused-ring (bicyclic) bond motifs is 1. The molecule has 2 unspecified atom stereocenters. The van der Waals surface area contributed by atoms with E-state index >= 15 is 0 Å². The zero-order valence-electron chi connectivity index (χ0n) is 22.5. The van der Waals surface area contributed by atoms with Crippen LogP contribution in [0.5, 0.6) is 0 Å². The number of carbonyl (C=O) groups is 3. The molecule has 3 amide bonds. The van der Waals surface area contributed by atoms with Crippen molar-refractivity contribution in [3.05, 3.63) is 76.2 Å². The van der Waals surface area contributed by atoms with Gasteiger partial charge in [0.15, 0.2) is 5.69 Å². The van der Waals surface area contributed by atoms with Crippen molar-refractivity contribution in [2.45, 2.75) is 37.3 Å². The molecule has 4 aromatic rings. The number of hydrazine groups is 1. The minimum Gasteiger partial charge on any atom is -0.364 e. The fourth-order valence-corrected chi connectivity index (χ4v) is 6.14. The Morgan fingerprint density at radius 2 is 1.93 bits per heavy atom. The van der Waals surface area contributed by atoms with Crippen LogP contribution in [0.4, 0.5) is 4.39 Å². The van der Waals surface area contributed by atoms with Gasteiger partial charge in [-0.25, -0.2) is 9.82 Å². The molecule has 5 N–H and O–H groups in total. The van der Waals surface area contributed by atoms with E-state index in [2.05, 4.69) is 31.5 Å². The number of nitrogens with zero attached hydrogens (tertiary/aromatic N) is 5. The first kappa shape index (κ1) is 28.9. The van der Waals surface area contributed by atoms with Crippen LogP contribution in [0.1, 0.15) is 28.5 Å². The first-order valence-electron chi connectivity index (χ1n) is 13.4. The van der Waals surface area contributed by atoms with Crippen molar-refractivity contribution in [3.63, 3.8) is 0 Å². The number of halogens is 3. The molecule has 15 heteroatoms. The van der Waals surface area contributed by atoms with E-state index in [-0.39, 0.29) is 31.2 Å². The Balaban J connectivity index is 1.21. The third-order valence-electron chi connectivity index (χ3n) is 7.67. The van der Waals surface area contributed by atoms with E-state index in [0.29, 0.717) is 27.5 Å². The summed E-state index contributed by atoms with van der Waals surface area (Å²) in [7, 11) is 0. The molecule has 4 atom stereocenters. The molecule has 12 nitrogen and oxygen atoms in total. The second kappa shape index (κ2) is 11.8. The van der Waals surface area contributed by atoms with Crippen LogP contribution in [0.2, 0.25) is 10.0 Å². The summed E-state index contributed by atoms with van der Waals surface area (Å²) in [6.45, 7) is -0.195. The number of nitrogens with two attached hydrogens (primary N) is 1. The van der Waals surface area contributed by atoms with Crippen molar-refractivity contribution in [1.29, 1.82) is 0 Å². The zero-order valence-corrected chi connectivity index (χ0v) is 24.0. The largest absolute Gasteiger partial charge is 0.364 e. The molecule has 222 valence electrons. The molecule has 2 aromatic heterocycles. The molecular weight excluding hydrogens is 600 g/mol. The van der Waals surface area contributed by atoms with Crippen molar-refractivity contribution in [2.75, 3.05) is 13.1 Å². The van der Waals surface area contributed by atoms with Crippen LogP contribution in [0.3, 0.4) is 0 Å². The number of amides is 3. The highest BCUT2D eigenvalue weighted by Crippen LogP contribution is 2.31. The zero-order chi connectivity index (χ0) is 30.2. The van der Waals surface area contributed by atoms with E-state index in [1.165, 1.54) is 9.58 Å². The van der Waals surface area contributed by atoms with Crippen molar-refractivity contribution >= 4 is 51.8 Å². The van der Waals surface area contributed by atoms with Crippen molar-refractivity contribution < 1.29 is 18.8 Å². The SMILES string of the molecule is NC(=O)c1nn(CC(=O)N2C[C@H](F)C[C@H]2C(=O)NC2CNNC2c2ccc(Cl)cc2Cl)c2ccc(-c3ccnnc3)cc12. The summed E-state index contributed by atoms with van der Waals surface area (Å²) in [4.78, 5) is 40.4. The minimum absolute atomic E-state index is 0.0149. The first-order valence-corrected chi connectivity index (χ1v) is 14.2. The van der Waals surface area contributed by atoms with Crippen LogP contribution in [0, 0.1) is 0 Å². The van der Waals surface area contributed by atoms with Crippen LogP contribution in [0.25, 0.3) is 22.0 Å². The maximum Gasteiger partial charge on any atom is 0.269 e. The molecule has 0 saturated carbocycles. The maximum atomic E-state index is 14.7. The number of hydrogen-bond acceptors (Lipinski definition) is 8. The van der Waals surface area contributed by atoms with Gasteiger partial charge in [-0.1, -0.05) is 35.3 Å². The normalized spacial score (nSPS) is 21.8. The number of primary amides is 1. The van der Waals surface area contributed by atoms with Gasteiger partial charge in [0.25, 0.3) is 5.91 Å². The van der Waals surface area contributed by atoms with Gasteiger partial charge in [0.1, 0.15) is 18.8 Å². The number of hydrogen-bond donors (Lipinski definition) is 4. The number of rotatable bonds is 7. The number of aromatic nitrogens is 4. The lowest BCUT2D eigenvalue weighted by atomic mass is 10.0. The van der Waals surface area contributed by atoms with E-state index in [1.807, 2.05) is 0 Å². The highest BCUT2D eigenvalue weighted by Gasteiger charge is 2.42. The quantitative estimate of drug-likeness (QED) is 0.243. The van der Waals surface area contributed by atoms with Crippen molar-refractivity contribution in [1.82, 2.24) is 41.0 Å². The third kappa shape index (κ3) is 5.76. The van der Waals surface area contributed by atoms with Gasteiger partial charge in [-0.3, -0.25) is 24.5 Å². The van der Waals surface area contributed by atoms with E-state index < -0.39 is 36.0 Å². The average molecular weight is 626 g/mol. The summed E-state index contributed by atoms with van der Waals surface area (Å²) in [6, 6.07) is 10.2. The highest BCUT2D eigenvalue weighted by atomic mass is 35.5. The summed E-state index contributed by atoms with van der Waals surface area (Å²) < 4.78 is 16.0. The Labute approximate surface area is 254 Å². The van der Waals surface area contributed by atoms with Gasteiger partial charge in [0.2, 0.25) is 11.8 Å². The maximum absolute atomic E-state index is 14.7. The minimum atomic E-state index is -1.38. The first-order chi connectivity index (χ1) is 20.7. The van der Waals surface area contributed by atoms with Gasteiger partial charge in [-0.15, -0.1) is 0 Å². The van der Waals surface area contributed by atoms with E-state index in [1.54, 1.807) is 54.9 Å². The topological polar surface area (TPSA) is 160 Å². The summed E-state index contributed by atoms with van der Waals surface area (Å²) >= 11 is 12.4. The number of likely N-dealkylation sites (tertiary alicyclic amines) is 1. The second-order valence-electron chi connectivity index (χ2n) is 10.4. The Morgan fingerprint density at radius 1 is 1.09 bits per heavy atom. The smallest absolute Gasteiger partial charge is 0.269 e. The fourth-order valence-electron chi connectivity index (χ4n) is 5.61. The lowest BCUT2D eigenvalue weighted by Crippen LogP contribution is -2.51. The average Bonchev–Trinajstić information content (AvgIpc) is 3.70. The molecule has 43 heavy (non-hydrogen) atoms. The van der Waals surface area contributed by atoms with Gasteiger partial charge in [0, 0.05) is 34.0 Å². The summed E-state index contributed by atoms with van der Waals surface area (Å²) in [6.07, 6.45) is 1.60. The molecule has 2 aromatic carbocycles. The second-order valence-corrected chi connectivity index (χ2v) is 11.3. The number of carbonyl (C=O) groups excluding carboxylic acids is 3. The Morgan fingerprint density at radius 3 is 2.67 bits per heavy atom. The van der Waals surface area contributed by atoms with Crippen LogP contribution < -0.4 is 21.9 Å². The molecule has 0 aliphatic carbocycles. The van der Waals surface area contributed by atoms with Crippen molar-refractivity contribution in [3.8, 4) is 11.1 Å². The number of alkyl halides is 1. The number of nitrogens with one attached hydrogen (secondary N) is 3. The van der Waals surface area contributed by atoms with Crippen molar-refractivity contribution in [2.24, 2.45) is 5.73 Å². The molecule has 2 saturated heterocycles. The molecule has 0 radical (unpaired) electrons. The fraction of sp³-hybridized carbons (Fsp3) is 0.286. The van der Waals surface area contributed by atoms with E-state index in [4.69, 9.17) is 28.9 Å². The molecule has 2 aliphatic rings. The monoisotopic (exact) mass is 625 g/mol. The Kier molecular flexibility index (Phi) is 7.97. The third-order valence-corrected chi connectivity index (χ3v) is 8.23. The molecule has 4 heterocycles. The lowest BCUT2D eigenvalue weighted by molar-refractivity contribution is -0.139. The molecule has 2 aliphatic heterocycles.